The fourth-order valence-corrected chi connectivity index (χ4v) is 2.98. The molecule has 5 heteroatoms. The van der Waals surface area contributed by atoms with Crippen molar-refractivity contribution >= 4 is 23.3 Å². The third-order valence-corrected chi connectivity index (χ3v) is 4.74. The predicted octanol–water partition coefficient (Wildman–Crippen LogP) is 3.54. The Morgan fingerprint density at radius 1 is 1.52 bits per heavy atom. The Balaban J connectivity index is 2.20. The standard InChI is InChI=1S/C16H19ClN2O2/c1-16(2,15(20)21)12-4-3-7-19(10-12)13-6-5-11(9-18)14(17)8-13/h5-6,8,12H,3-4,7,10H2,1-2H3,(H,20,21). The van der Waals surface area contributed by atoms with Gasteiger partial charge in [-0.15, -0.1) is 0 Å². The zero-order valence-corrected chi connectivity index (χ0v) is 13.0. The number of anilines is 1. The van der Waals surface area contributed by atoms with Crippen LogP contribution in [0.1, 0.15) is 32.3 Å². The van der Waals surface area contributed by atoms with Crippen molar-refractivity contribution in [2.45, 2.75) is 26.7 Å². The van der Waals surface area contributed by atoms with E-state index < -0.39 is 11.4 Å². The minimum atomic E-state index is -0.757. The van der Waals surface area contributed by atoms with Crippen LogP contribution in [0.4, 0.5) is 5.69 Å². The lowest BCUT2D eigenvalue weighted by Crippen LogP contribution is -2.44. The summed E-state index contributed by atoms with van der Waals surface area (Å²) in [6.45, 7) is 5.15. The second-order valence-electron chi connectivity index (χ2n) is 6.09. The molecule has 1 heterocycles. The molecule has 1 fully saturated rings. The summed E-state index contributed by atoms with van der Waals surface area (Å²) >= 11 is 6.08. The van der Waals surface area contributed by atoms with Gasteiger partial charge >= 0.3 is 5.97 Å². The molecule has 21 heavy (non-hydrogen) atoms. The Hall–Kier alpha value is -1.73. The molecular weight excluding hydrogens is 288 g/mol. The molecule has 1 unspecified atom stereocenters. The molecule has 112 valence electrons. The molecule has 4 nitrogen and oxygen atoms in total. The van der Waals surface area contributed by atoms with Crippen LogP contribution in [0.3, 0.4) is 0 Å². The lowest BCUT2D eigenvalue weighted by molar-refractivity contribution is -0.150. The van der Waals surface area contributed by atoms with Crippen molar-refractivity contribution < 1.29 is 9.90 Å². The topological polar surface area (TPSA) is 64.3 Å². The summed E-state index contributed by atoms with van der Waals surface area (Å²) in [5.74, 6) is -0.662. The van der Waals surface area contributed by atoms with Gasteiger partial charge in [-0.1, -0.05) is 11.6 Å². The van der Waals surface area contributed by atoms with E-state index in [0.29, 0.717) is 17.1 Å². The van der Waals surface area contributed by atoms with Crippen molar-refractivity contribution in [2.75, 3.05) is 18.0 Å². The Kier molecular flexibility index (Phi) is 4.43. The van der Waals surface area contributed by atoms with Crippen LogP contribution >= 0.6 is 11.6 Å². The fourth-order valence-electron chi connectivity index (χ4n) is 2.77. The van der Waals surface area contributed by atoms with Crippen LogP contribution in [0.5, 0.6) is 0 Å². The van der Waals surface area contributed by atoms with E-state index in [1.165, 1.54) is 0 Å². The molecule has 1 atom stereocenters. The first-order valence-corrected chi connectivity index (χ1v) is 7.42. The van der Waals surface area contributed by atoms with Crippen molar-refractivity contribution in [3.8, 4) is 6.07 Å². The van der Waals surface area contributed by atoms with E-state index in [2.05, 4.69) is 4.90 Å². The quantitative estimate of drug-likeness (QED) is 0.927. The second kappa shape index (κ2) is 5.95. The molecule has 2 rings (SSSR count). The average Bonchev–Trinajstić information content (AvgIpc) is 2.47. The monoisotopic (exact) mass is 306 g/mol. The lowest BCUT2D eigenvalue weighted by Gasteiger charge is -2.40. The van der Waals surface area contributed by atoms with Crippen LogP contribution in [0, 0.1) is 22.7 Å². The number of carboxylic acid groups (broad SMARTS) is 1. The van der Waals surface area contributed by atoms with Gasteiger partial charge in [-0.3, -0.25) is 4.79 Å². The molecule has 1 aromatic rings. The van der Waals surface area contributed by atoms with Gasteiger partial charge in [-0.05, 0) is 50.8 Å². The fraction of sp³-hybridized carbons (Fsp3) is 0.500. The third-order valence-electron chi connectivity index (χ3n) is 4.43. The van der Waals surface area contributed by atoms with Crippen LogP contribution in [0.25, 0.3) is 0 Å². The summed E-state index contributed by atoms with van der Waals surface area (Å²) in [6.07, 6.45) is 1.87. The number of rotatable bonds is 3. The molecular formula is C16H19ClN2O2. The van der Waals surface area contributed by atoms with Crippen LogP contribution in [0.2, 0.25) is 5.02 Å². The minimum Gasteiger partial charge on any atom is -0.481 e. The molecule has 0 aliphatic carbocycles. The summed E-state index contributed by atoms with van der Waals surface area (Å²) < 4.78 is 0. The Morgan fingerprint density at radius 3 is 2.81 bits per heavy atom. The summed E-state index contributed by atoms with van der Waals surface area (Å²) in [7, 11) is 0. The summed E-state index contributed by atoms with van der Waals surface area (Å²) in [4.78, 5) is 13.6. The molecule has 0 aromatic heterocycles. The maximum absolute atomic E-state index is 11.4. The molecule has 1 N–H and O–H groups in total. The van der Waals surface area contributed by atoms with Crippen molar-refractivity contribution in [2.24, 2.45) is 11.3 Å². The van der Waals surface area contributed by atoms with Crippen molar-refractivity contribution in [1.29, 1.82) is 5.26 Å². The van der Waals surface area contributed by atoms with Crippen LogP contribution < -0.4 is 4.90 Å². The molecule has 1 saturated heterocycles. The highest BCUT2D eigenvalue weighted by atomic mass is 35.5. The number of nitrogens with zero attached hydrogens (tertiary/aromatic N) is 2. The highest BCUT2D eigenvalue weighted by molar-refractivity contribution is 6.32. The number of benzene rings is 1. The first-order valence-electron chi connectivity index (χ1n) is 7.04. The largest absolute Gasteiger partial charge is 0.481 e. The molecule has 0 radical (unpaired) electrons. The zero-order valence-electron chi connectivity index (χ0n) is 12.3. The highest BCUT2D eigenvalue weighted by Gasteiger charge is 2.39. The number of carbonyl (C=O) groups is 1. The van der Waals surface area contributed by atoms with E-state index in [-0.39, 0.29) is 5.92 Å². The first kappa shape index (κ1) is 15.7. The number of nitriles is 1. The van der Waals surface area contributed by atoms with Gasteiger partial charge in [-0.2, -0.15) is 5.26 Å². The van der Waals surface area contributed by atoms with Crippen molar-refractivity contribution in [3.05, 3.63) is 28.8 Å². The second-order valence-corrected chi connectivity index (χ2v) is 6.50. The van der Waals surface area contributed by atoms with Crippen LogP contribution in [-0.2, 0) is 4.79 Å². The van der Waals surface area contributed by atoms with E-state index in [0.717, 1.165) is 25.1 Å². The van der Waals surface area contributed by atoms with Gasteiger partial charge in [-0.25, -0.2) is 0 Å². The van der Waals surface area contributed by atoms with E-state index in [1.807, 2.05) is 12.1 Å². The SMILES string of the molecule is CC(C)(C(=O)O)C1CCCN(c2ccc(C#N)c(Cl)c2)C1. The highest BCUT2D eigenvalue weighted by Crippen LogP contribution is 2.36. The molecule has 1 aliphatic rings. The van der Waals surface area contributed by atoms with Gasteiger partial charge in [0.15, 0.2) is 0 Å². The van der Waals surface area contributed by atoms with Gasteiger partial charge in [0.2, 0.25) is 0 Å². The van der Waals surface area contributed by atoms with Crippen molar-refractivity contribution in [3.63, 3.8) is 0 Å². The van der Waals surface area contributed by atoms with Crippen LogP contribution in [0.15, 0.2) is 18.2 Å². The number of halogens is 1. The average molecular weight is 307 g/mol. The number of aliphatic carboxylic acids is 1. The summed E-state index contributed by atoms with van der Waals surface area (Å²) in [5, 5.41) is 18.7. The maximum atomic E-state index is 11.4. The van der Waals surface area contributed by atoms with E-state index in [4.69, 9.17) is 16.9 Å². The van der Waals surface area contributed by atoms with Gasteiger partial charge in [0.1, 0.15) is 6.07 Å². The van der Waals surface area contributed by atoms with Gasteiger partial charge in [0.25, 0.3) is 0 Å². The Morgan fingerprint density at radius 2 is 2.24 bits per heavy atom. The number of hydrogen-bond donors (Lipinski definition) is 1. The normalized spacial score (nSPS) is 19.1. The van der Waals surface area contributed by atoms with Crippen molar-refractivity contribution in [1.82, 2.24) is 0 Å². The molecule has 0 spiro atoms. The van der Waals surface area contributed by atoms with E-state index in [1.54, 1.807) is 26.0 Å². The van der Waals surface area contributed by atoms with E-state index >= 15 is 0 Å². The Bertz CT molecular complexity index is 592. The Labute approximate surface area is 129 Å². The molecule has 0 bridgehead atoms. The number of carboxylic acids is 1. The van der Waals surface area contributed by atoms with Gasteiger partial charge in [0.05, 0.1) is 16.0 Å². The van der Waals surface area contributed by atoms with Gasteiger partial charge in [0, 0.05) is 18.8 Å². The third kappa shape index (κ3) is 3.14. The van der Waals surface area contributed by atoms with Gasteiger partial charge < -0.3 is 10.0 Å². The maximum Gasteiger partial charge on any atom is 0.309 e. The molecule has 0 saturated carbocycles. The number of piperidine rings is 1. The predicted molar refractivity (Wildman–Crippen MR) is 82.5 cm³/mol. The van der Waals surface area contributed by atoms with E-state index in [9.17, 15) is 9.90 Å². The molecule has 1 aliphatic heterocycles. The smallest absolute Gasteiger partial charge is 0.309 e. The zero-order chi connectivity index (χ0) is 15.6. The molecule has 1 aromatic carbocycles. The lowest BCUT2D eigenvalue weighted by atomic mass is 9.74. The first-order chi connectivity index (χ1) is 9.86. The number of hydrogen-bond acceptors (Lipinski definition) is 3. The summed E-state index contributed by atoms with van der Waals surface area (Å²) in [5.41, 5.74) is 0.666. The van der Waals surface area contributed by atoms with Crippen LogP contribution in [-0.4, -0.2) is 24.2 Å². The summed E-state index contributed by atoms with van der Waals surface area (Å²) in [6, 6.07) is 7.42. The molecule has 0 amide bonds. The minimum absolute atomic E-state index is 0.0955.